The first kappa shape index (κ1) is 13.0. The van der Waals surface area contributed by atoms with E-state index in [2.05, 4.69) is 23.8 Å². The molecule has 1 aromatic rings. The van der Waals surface area contributed by atoms with Gasteiger partial charge in [-0.2, -0.15) is 0 Å². The summed E-state index contributed by atoms with van der Waals surface area (Å²) in [6.45, 7) is 6.02. The third-order valence-electron chi connectivity index (χ3n) is 2.04. The molecule has 0 bridgehead atoms. The van der Waals surface area contributed by atoms with Gasteiger partial charge in [0.2, 0.25) is 0 Å². The Hall–Kier alpha value is -1.10. The maximum absolute atomic E-state index is 10.5. The molecule has 0 aliphatic carbocycles. The standard InChI is InChI=1S/C11H16N2O2S/c1-7(2)9-5-10(13-6-12-9)16-8(3)4-11(14)15/h5-8H,4H2,1-3H3,(H,14,15). The zero-order chi connectivity index (χ0) is 12.1. The Kier molecular flexibility index (Phi) is 4.73. The Bertz CT molecular complexity index is 369. The quantitative estimate of drug-likeness (QED) is 0.633. The van der Waals surface area contributed by atoms with Crippen molar-refractivity contribution in [1.82, 2.24) is 9.97 Å². The molecule has 5 heteroatoms. The molecule has 1 unspecified atom stereocenters. The number of aromatic nitrogens is 2. The number of hydrogen-bond donors (Lipinski definition) is 1. The topological polar surface area (TPSA) is 63.1 Å². The number of carboxylic acids is 1. The van der Waals surface area contributed by atoms with E-state index in [9.17, 15) is 4.79 Å². The Morgan fingerprint density at radius 1 is 1.44 bits per heavy atom. The summed E-state index contributed by atoms with van der Waals surface area (Å²) < 4.78 is 0. The molecule has 4 nitrogen and oxygen atoms in total. The van der Waals surface area contributed by atoms with Gasteiger partial charge in [0, 0.05) is 10.9 Å². The van der Waals surface area contributed by atoms with Crippen molar-refractivity contribution < 1.29 is 9.90 Å². The van der Waals surface area contributed by atoms with Crippen LogP contribution in [0, 0.1) is 0 Å². The number of carbonyl (C=O) groups is 1. The van der Waals surface area contributed by atoms with Gasteiger partial charge in [0.05, 0.1) is 11.4 Å². The minimum Gasteiger partial charge on any atom is -0.481 e. The van der Waals surface area contributed by atoms with Crippen molar-refractivity contribution in [1.29, 1.82) is 0 Å². The average molecular weight is 240 g/mol. The van der Waals surface area contributed by atoms with Gasteiger partial charge < -0.3 is 5.11 Å². The van der Waals surface area contributed by atoms with Crippen LogP contribution in [0.4, 0.5) is 0 Å². The van der Waals surface area contributed by atoms with Crippen LogP contribution in [0.25, 0.3) is 0 Å². The molecule has 0 spiro atoms. The summed E-state index contributed by atoms with van der Waals surface area (Å²) in [5, 5.41) is 9.52. The van der Waals surface area contributed by atoms with Crippen LogP contribution in [0.2, 0.25) is 0 Å². The number of thioether (sulfide) groups is 1. The molecule has 0 aromatic carbocycles. The van der Waals surface area contributed by atoms with Crippen molar-refractivity contribution in [3.8, 4) is 0 Å². The molecule has 88 valence electrons. The summed E-state index contributed by atoms with van der Waals surface area (Å²) in [4.78, 5) is 18.8. The SMILES string of the molecule is CC(CC(=O)O)Sc1cc(C(C)C)ncn1. The first-order valence-corrected chi connectivity index (χ1v) is 6.07. The van der Waals surface area contributed by atoms with Crippen molar-refractivity contribution in [2.45, 2.75) is 43.4 Å². The van der Waals surface area contributed by atoms with Crippen LogP contribution < -0.4 is 0 Å². The van der Waals surface area contributed by atoms with E-state index in [1.165, 1.54) is 18.1 Å². The van der Waals surface area contributed by atoms with Crippen molar-refractivity contribution in [2.24, 2.45) is 0 Å². The highest BCUT2D eigenvalue weighted by Gasteiger charge is 2.11. The number of aliphatic carboxylic acids is 1. The predicted molar refractivity (Wildman–Crippen MR) is 63.7 cm³/mol. The number of carboxylic acid groups (broad SMARTS) is 1. The molecule has 1 heterocycles. The highest BCUT2D eigenvalue weighted by molar-refractivity contribution is 7.99. The summed E-state index contributed by atoms with van der Waals surface area (Å²) in [6.07, 6.45) is 1.68. The molecular formula is C11H16N2O2S. The van der Waals surface area contributed by atoms with Gasteiger partial charge in [0.15, 0.2) is 0 Å². The maximum Gasteiger partial charge on any atom is 0.304 e. The Morgan fingerprint density at radius 3 is 2.69 bits per heavy atom. The molecule has 1 rings (SSSR count). The lowest BCUT2D eigenvalue weighted by molar-refractivity contribution is -0.136. The van der Waals surface area contributed by atoms with E-state index in [0.717, 1.165) is 10.7 Å². The van der Waals surface area contributed by atoms with E-state index in [0.29, 0.717) is 5.92 Å². The normalized spacial score (nSPS) is 12.8. The van der Waals surface area contributed by atoms with E-state index < -0.39 is 5.97 Å². The summed E-state index contributed by atoms with van der Waals surface area (Å²) in [5.41, 5.74) is 0.986. The smallest absolute Gasteiger partial charge is 0.304 e. The van der Waals surface area contributed by atoms with Crippen molar-refractivity contribution in [2.75, 3.05) is 0 Å². The molecule has 16 heavy (non-hydrogen) atoms. The largest absolute Gasteiger partial charge is 0.481 e. The molecular weight excluding hydrogens is 224 g/mol. The second-order valence-electron chi connectivity index (χ2n) is 3.96. The molecule has 0 saturated carbocycles. The fourth-order valence-electron chi connectivity index (χ4n) is 1.23. The highest BCUT2D eigenvalue weighted by atomic mass is 32.2. The van der Waals surface area contributed by atoms with Crippen LogP contribution in [-0.4, -0.2) is 26.3 Å². The Balaban J connectivity index is 2.66. The van der Waals surface area contributed by atoms with Crippen molar-refractivity contribution >= 4 is 17.7 Å². The third kappa shape index (κ3) is 4.18. The summed E-state index contributed by atoms with van der Waals surface area (Å²) in [6, 6.07) is 1.92. The van der Waals surface area contributed by atoms with E-state index in [1.54, 1.807) is 0 Å². The number of hydrogen-bond acceptors (Lipinski definition) is 4. The van der Waals surface area contributed by atoms with Gasteiger partial charge in [-0.1, -0.05) is 20.8 Å². The van der Waals surface area contributed by atoms with Gasteiger partial charge in [-0.15, -0.1) is 11.8 Å². The summed E-state index contributed by atoms with van der Waals surface area (Å²) in [7, 11) is 0. The average Bonchev–Trinajstić information content (AvgIpc) is 2.16. The van der Waals surface area contributed by atoms with E-state index in [1.807, 2.05) is 13.0 Å². The minimum atomic E-state index is -0.780. The third-order valence-corrected chi connectivity index (χ3v) is 3.07. The molecule has 0 aliphatic rings. The number of nitrogens with zero attached hydrogens (tertiary/aromatic N) is 2. The van der Waals surface area contributed by atoms with Crippen LogP contribution in [0.5, 0.6) is 0 Å². The van der Waals surface area contributed by atoms with Crippen LogP contribution >= 0.6 is 11.8 Å². The molecule has 1 aromatic heterocycles. The summed E-state index contributed by atoms with van der Waals surface area (Å²) >= 11 is 1.47. The molecule has 0 fully saturated rings. The molecule has 1 N–H and O–H groups in total. The van der Waals surface area contributed by atoms with Gasteiger partial charge in [-0.25, -0.2) is 9.97 Å². The van der Waals surface area contributed by atoms with Crippen LogP contribution in [-0.2, 0) is 4.79 Å². The maximum atomic E-state index is 10.5. The number of rotatable bonds is 5. The Labute approximate surface area is 99.5 Å². The molecule has 0 saturated heterocycles. The van der Waals surface area contributed by atoms with E-state index in [-0.39, 0.29) is 11.7 Å². The first-order valence-electron chi connectivity index (χ1n) is 5.19. The first-order chi connectivity index (χ1) is 7.49. The molecule has 0 aliphatic heterocycles. The van der Waals surface area contributed by atoms with Gasteiger partial charge in [0.25, 0.3) is 0 Å². The second-order valence-corrected chi connectivity index (χ2v) is 5.42. The lowest BCUT2D eigenvalue weighted by Gasteiger charge is -2.09. The minimum absolute atomic E-state index is 0.0208. The van der Waals surface area contributed by atoms with Gasteiger partial charge >= 0.3 is 5.97 Å². The summed E-state index contributed by atoms with van der Waals surface area (Å²) in [5.74, 6) is -0.421. The Morgan fingerprint density at radius 2 is 2.12 bits per heavy atom. The zero-order valence-corrected chi connectivity index (χ0v) is 10.5. The lowest BCUT2D eigenvalue weighted by atomic mass is 10.1. The molecule has 1 atom stereocenters. The van der Waals surface area contributed by atoms with Crippen molar-refractivity contribution in [3.63, 3.8) is 0 Å². The van der Waals surface area contributed by atoms with Crippen LogP contribution in [0.15, 0.2) is 17.4 Å². The van der Waals surface area contributed by atoms with Gasteiger partial charge in [0.1, 0.15) is 6.33 Å². The fraction of sp³-hybridized carbons (Fsp3) is 0.545. The molecule has 0 amide bonds. The molecule has 0 radical (unpaired) electrons. The van der Waals surface area contributed by atoms with Crippen LogP contribution in [0.1, 0.15) is 38.8 Å². The van der Waals surface area contributed by atoms with Gasteiger partial charge in [-0.3, -0.25) is 4.79 Å². The van der Waals surface area contributed by atoms with Crippen LogP contribution in [0.3, 0.4) is 0 Å². The van der Waals surface area contributed by atoms with E-state index in [4.69, 9.17) is 5.11 Å². The van der Waals surface area contributed by atoms with E-state index >= 15 is 0 Å². The highest BCUT2D eigenvalue weighted by Crippen LogP contribution is 2.24. The second kappa shape index (κ2) is 5.84. The monoisotopic (exact) mass is 240 g/mol. The van der Waals surface area contributed by atoms with Gasteiger partial charge in [-0.05, 0) is 12.0 Å². The zero-order valence-electron chi connectivity index (χ0n) is 9.67. The fourth-order valence-corrected chi connectivity index (χ4v) is 2.16. The lowest BCUT2D eigenvalue weighted by Crippen LogP contribution is -2.06. The predicted octanol–water partition coefficient (Wildman–Crippen LogP) is 2.56. The van der Waals surface area contributed by atoms with Crippen molar-refractivity contribution in [3.05, 3.63) is 18.1 Å².